The molecule has 78 valence electrons. The molecule has 3 nitrogen and oxygen atoms in total. The predicted octanol–water partition coefficient (Wildman–Crippen LogP) is 0.730. The second-order valence-electron chi connectivity index (χ2n) is 2.81. The van der Waals surface area contributed by atoms with Crippen molar-refractivity contribution < 1.29 is 19.0 Å². The number of rotatable bonds is 4. The van der Waals surface area contributed by atoms with E-state index in [-0.39, 0.29) is 12.2 Å². The van der Waals surface area contributed by atoms with E-state index in [2.05, 4.69) is 5.32 Å². The fourth-order valence-corrected chi connectivity index (χ4v) is 0.951. The molecule has 0 fully saturated rings. The Kier molecular flexibility index (Phi) is 3.79. The monoisotopic (exact) mass is 203 g/mol. The lowest BCUT2D eigenvalue weighted by atomic mass is 10.2. The minimum absolute atomic E-state index is 0.103. The third-order valence-electron chi connectivity index (χ3n) is 1.69. The molecule has 0 heterocycles. The highest BCUT2D eigenvalue weighted by atomic mass is 19.1. The number of aliphatic hydroxyl groups is 2. The Morgan fingerprint density at radius 3 is 2.36 bits per heavy atom. The molecule has 14 heavy (non-hydrogen) atoms. The van der Waals surface area contributed by atoms with E-state index < -0.39 is 24.3 Å². The van der Waals surface area contributed by atoms with Crippen LogP contribution in [0.25, 0.3) is 0 Å². The largest absolute Gasteiger partial charge is 0.394 e. The summed E-state index contributed by atoms with van der Waals surface area (Å²) in [6, 6.07) is 3.46. The number of hydrogen-bond donors (Lipinski definition) is 3. The SMILES string of the molecule is OC[C@@H](O)CNc1c(F)cccc1F. The van der Waals surface area contributed by atoms with E-state index in [1.165, 1.54) is 6.07 Å². The Morgan fingerprint density at radius 1 is 1.29 bits per heavy atom. The second-order valence-corrected chi connectivity index (χ2v) is 2.81. The van der Waals surface area contributed by atoms with Gasteiger partial charge < -0.3 is 15.5 Å². The fraction of sp³-hybridized carbons (Fsp3) is 0.333. The maximum atomic E-state index is 13.0. The first-order chi connectivity index (χ1) is 6.65. The average Bonchev–Trinajstić information content (AvgIpc) is 2.16. The van der Waals surface area contributed by atoms with Gasteiger partial charge in [0.05, 0.1) is 12.7 Å². The van der Waals surface area contributed by atoms with Gasteiger partial charge in [-0.05, 0) is 12.1 Å². The molecular formula is C9H11F2NO2. The van der Waals surface area contributed by atoms with Crippen molar-refractivity contribution in [1.29, 1.82) is 0 Å². The molecule has 0 aliphatic rings. The fourth-order valence-electron chi connectivity index (χ4n) is 0.951. The number of benzene rings is 1. The highest BCUT2D eigenvalue weighted by Crippen LogP contribution is 2.17. The third kappa shape index (κ3) is 2.65. The van der Waals surface area contributed by atoms with Crippen LogP contribution in [0.4, 0.5) is 14.5 Å². The van der Waals surface area contributed by atoms with E-state index in [4.69, 9.17) is 10.2 Å². The molecule has 0 aliphatic carbocycles. The molecule has 1 aromatic rings. The number of halogens is 2. The summed E-state index contributed by atoms with van der Waals surface area (Å²) in [4.78, 5) is 0. The van der Waals surface area contributed by atoms with Gasteiger partial charge in [0.25, 0.3) is 0 Å². The molecule has 0 unspecified atom stereocenters. The summed E-state index contributed by atoms with van der Waals surface area (Å²) in [5.74, 6) is -1.45. The summed E-state index contributed by atoms with van der Waals surface area (Å²) in [6.07, 6.45) is -1.03. The summed E-state index contributed by atoms with van der Waals surface area (Å²) in [5.41, 5.74) is -0.292. The Morgan fingerprint density at radius 2 is 1.86 bits per heavy atom. The normalized spacial score (nSPS) is 12.6. The average molecular weight is 203 g/mol. The van der Waals surface area contributed by atoms with Crippen molar-refractivity contribution >= 4 is 5.69 Å². The van der Waals surface area contributed by atoms with Gasteiger partial charge in [0.15, 0.2) is 0 Å². The zero-order valence-electron chi connectivity index (χ0n) is 7.37. The molecule has 0 saturated heterocycles. The molecule has 0 saturated carbocycles. The third-order valence-corrected chi connectivity index (χ3v) is 1.69. The van der Waals surface area contributed by atoms with Crippen LogP contribution in [0.15, 0.2) is 18.2 Å². The molecular weight excluding hydrogens is 192 g/mol. The lowest BCUT2D eigenvalue weighted by molar-refractivity contribution is 0.105. The number of para-hydroxylation sites is 1. The summed E-state index contributed by atoms with van der Waals surface area (Å²) >= 11 is 0. The second kappa shape index (κ2) is 4.88. The van der Waals surface area contributed by atoms with Crippen LogP contribution >= 0.6 is 0 Å². The van der Waals surface area contributed by atoms with Gasteiger partial charge in [0, 0.05) is 6.54 Å². The predicted molar refractivity (Wildman–Crippen MR) is 47.9 cm³/mol. The minimum Gasteiger partial charge on any atom is -0.394 e. The maximum absolute atomic E-state index is 13.0. The van der Waals surface area contributed by atoms with Crippen LogP contribution < -0.4 is 5.32 Å². The number of hydrogen-bond acceptors (Lipinski definition) is 3. The van der Waals surface area contributed by atoms with Crippen LogP contribution in [-0.2, 0) is 0 Å². The van der Waals surface area contributed by atoms with Crippen molar-refractivity contribution in [3.8, 4) is 0 Å². The lowest BCUT2D eigenvalue weighted by Gasteiger charge is -2.11. The van der Waals surface area contributed by atoms with Crippen molar-refractivity contribution in [2.75, 3.05) is 18.5 Å². The summed E-state index contributed by atoms with van der Waals surface area (Å²) in [6.45, 7) is -0.558. The van der Waals surface area contributed by atoms with Gasteiger partial charge in [-0.2, -0.15) is 0 Å². The topological polar surface area (TPSA) is 52.5 Å². The Hall–Kier alpha value is -1.20. The van der Waals surface area contributed by atoms with Gasteiger partial charge in [-0.25, -0.2) is 8.78 Å². The molecule has 1 atom stereocenters. The van der Waals surface area contributed by atoms with Gasteiger partial charge in [-0.1, -0.05) is 6.07 Å². The minimum atomic E-state index is -1.03. The van der Waals surface area contributed by atoms with Crippen LogP contribution in [0.2, 0.25) is 0 Å². The quantitative estimate of drug-likeness (QED) is 0.676. The number of aliphatic hydroxyl groups excluding tert-OH is 2. The smallest absolute Gasteiger partial charge is 0.149 e. The van der Waals surface area contributed by atoms with Gasteiger partial charge in [0.2, 0.25) is 0 Å². The maximum Gasteiger partial charge on any atom is 0.149 e. The first-order valence-corrected chi connectivity index (χ1v) is 4.12. The Balaban J connectivity index is 2.66. The molecule has 3 N–H and O–H groups in total. The van der Waals surface area contributed by atoms with E-state index in [1.807, 2.05) is 0 Å². The molecule has 0 bridgehead atoms. The highest BCUT2D eigenvalue weighted by molar-refractivity contribution is 5.46. The molecule has 0 amide bonds. The Bertz CT molecular complexity index is 287. The van der Waals surface area contributed by atoms with Crippen LogP contribution in [0, 0.1) is 11.6 Å². The van der Waals surface area contributed by atoms with Crippen LogP contribution in [0.3, 0.4) is 0 Å². The molecule has 0 aromatic heterocycles. The highest BCUT2D eigenvalue weighted by Gasteiger charge is 2.09. The van der Waals surface area contributed by atoms with Crippen LogP contribution in [0.1, 0.15) is 0 Å². The summed E-state index contributed by atoms with van der Waals surface area (Å²) in [5, 5.41) is 19.8. The number of nitrogens with one attached hydrogen (secondary N) is 1. The van der Waals surface area contributed by atoms with Crippen LogP contribution in [-0.4, -0.2) is 29.5 Å². The standard InChI is InChI=1S/C9H11F2NO2/c10-7-2-1-3-8(11)9(7)12-4-6(14)5-13/h1-3,6,12-14H,4-5H2/t6-/m0/s1. The van der Waals surface area contributed by atoms with Gasteiger partial charge in [-0.3, -0.25) is 0 Å². The van der Waals surface area contributed by atoms with Crippen molar-refractivity contribution in [1.82, 2.24) is 0 Å². The van der Waals surface area contributed by atoms with Crippen LogP contribution in [0.5, 0.6) is 0 Å². The van der Waals surface area contributed by atoms with Crippen molar-refractivity contribution in [2.24, 2.45) is 0 Å². The van der Waals surface area contributed by atoms with E-state index in [0.717, 1.165) is 12.1 Å². The van der Waals surface area contributed by atoms with E-state index in [0.29, 0.717) is 0 Å². The van der Waals surface area contributed by atoms with E-state index in [1.54, 1.807) is 0 Å². The zero-order chi connectivity index (χ0) is 10.6. The first-order valence-electron chi connectivity index (χ1n) is 4.12. The number of anilines is 1. The van der Waals surface area contributed by atoms with E-state index >= 15 is 0 Å². The zero-order valence-corrected chi connectivity index (χ0v) is 7.37. The molecule has 0 spiro atoms. The molecule has 1 aromatic carbocycles. The van der Waals surface area contributed by atoms with E-state index in [9.17, 15) is 8.78 Å². The molecule has 1 rings (SSSR count). The van der Waals surface area contributed by atoms with Crippen molar-refractivity contribution in [3.63, 3.8) is 0 Å². The molecule has 0 aliphatic heterocycles. The van der Waals surface area contributed by atoms with Gasteiger partial charge in [-0.15, -0.1) is 0 Å². The molecule has 0 radical (unpaired) electrons. The Labute approximate surface area is 80.0 Å². The van der Waals surface area contributed by atoms with Crippen molar-refractivity contribution in [3.05, 3.63) is 29.8 Å². The lowest BCUT2D eigenvalue weighted by Crippen LogP contribution is -2.23. The van der Waals surface area contributed by atoms with Gasteiger partial charge >= 0.3 is 0 Å². The van der Waals surface area contributed by atoms with Gasteiger partial charge in [0.1, 0.15) is 17.3 Å². The first kappa shape index (κ1) is 10.9. The van der Waals surface area contributed by atoms with Crippen molar-refractivity contribution in [2.45, 2.75) is 6.10 Å². The summed E-state index contributed by atoms with van der Waals surface area (Å²) < 4.78 is 25.9. The summed E-state index contributed by atoms with van der Waals surface area (Å²) in [7, 11) is 0. The molecule has 5 heteroatoms.